The average molecular weight is 463 g/mol. The predicted molar refractivity (Wildman–Crippen MR) is 133 cm³/mol. The van der Waals surface area contributed by atoms with Crippen molar-refractivity contribution in [2.75, 3.05) is 19.7 Å². The Balaban J connectivity index is 1.05. The van der Waals surface area contributed by atoms with Gasteiger partial charge in [0.1, 0.15) is 6.04 Å². The lowest BCUT2D eigenvalue weighted by Gasteiger charge is -2.26. The molecular formula is C29H38N2O3. The van der Waals surface area contributed by atoms with E-state index in [9.17, 15) is 9.90 Å². The Labute approximate surface area is 203 Å². The number of carboxylic acids is 1. The van der Waals surface area contributed by atoms with E-state index in [2.05, 4.69) is 23.1 Å². The summed E-state index contributed by atoms with van der Waals surface area (Å²) in [5, 5.41) is 10.0. The third-order valence-corrected chi connectivity index (χ3v) is 7.75. The first kappa shape index (κ1) is 23.5. The lowest BCUT2D eigenvalue weighted by Crippen LogP contribution is -2.34. The highest BCUT2D eigenvalue weighted by molar-refractivity contribution is 5.76. The molecule has 1 aromatic carbocycles. The highest BCUT2D eigenvalue weighted by atomic mass is 16.5. The van der Waals surface area contributed by atoms with E-state index >= 15 is 0 Å². The average Bonchev–Trinajstić information content (AvgIpc) is 3.60. The lowest BCUT2D eigenvalue weighted by molar-refractivity contribution is -0.143. The molecule has 1 aromatic heterocycles. The number of carboxylic acid groups (broad SMARTS) is 1. The van der Waals surface area contributed by atoms with Gasteiger partial charge < -0.3 is 9.84 Å². The highest BCUT2D eigenvalue weighted by Crippen LogP contribution is 2.44. The molecule has 5 heteroatoms. The molecule has 34 heavy (non-hydrogen) atoms. The topological polar surface area (TPSA) is 62.7 Å². The zero-order valence-corrected chi connectivity index (χ0v) is 20.3. The number of carbonyl (C=O) groups is 1. The van der Waals surface area contributed by atoms with Crippen molar-refractivity contribution in [3.8, 4) is 0 Å². The number of fused-ring (bicyclic) bond motifs is 1. The molecular weight excluding hydrogens is 424 g/mol. The van der Waals surface area contributed by atoms with Crippen molar-refractivity contribution in [1.29, 1.82) is 0 Å². The van der Waals surface area contributed by atoms with E-state index in [4.69, 9.17) is 9.72 Å². The molecule has 1 saturated carbocycles. The monoisotopic (exact) mass is 462 g/mol. The lowest BCUT2D eigenvalue weighted by atomic mass is 9.95. The summed E-state index contributed by atoms with van der Waals surface area (Å²) < 4.78 is 6.17. The second kappa shape index (κ2) is 11.0. The first-order chi connectivity index (χ1) is 16.7. The summed E-state index contributed by atoms with van der Waals surface area (Å²) in [6, 6.07) is 12.1. The number of aromatic nitrogens is 1. The molecule has 0 bridgehead atoms. The van der Waals surface area contributed by atoms with E-state index in [0.717, 1.165) is 57.2 Å². The van der Waals surface area contributed by atoms with Crippen LogP contribution in [0.4, 0.5) is 0 Å². The number of likely N-dealkylation sites (tertiary alicyclic amines) is 1. The summed E-state index contributed by atoms with van der Waals surface area (Å²) in [5.41, 5.74) is 6.23. The van der Waals surface area contributed by atoms with Crippen molar-refractivity contribution >= 4 is 5.97 Å². The standard InChI is InChI=1S/C29H38N2O3/c32-29(33)28(26-11-5-4-10-25(26)21-13-14-21)31-18-17-24(20-31)34-19-7-1-2-9-23-16-15-22-8-3-6-12-27(22)30-23/h4-5,10-11,15-16,21,24,28H,1-3,6-9,12-14,17-20H2,(H,32,33)/t24-,28-/m0/s1. The van der Waals surface area contributed by atoms with E-state index < -0.39 is 12.0 Å². The van der Waals surface area contributed by atoms with E-state index in [1.54, 1.807) is 0 Å². The highest BCUT2D eigenvalue weighted by Gasteiger charge is 2.37. The number of aryl methyl sites for hydroxylation is 3. The Morgan fingerprint density at radius 1 is 1.06 bits per heavy atom. The number of rotatable bonds is 11. The maximum absolute atomic E-state index is 12.2. The van der Waals surface area contributed by atoms with Gasteiger partial charge in [0.25, 0.3) is 0 Å². The van der Waals surface area contributed by atoms with Gasteiger partial charge in [-0.2, -0.15) is 0 Å². The first-order valence-corrected chi connectivity index (χ1v) is 13.3. The van der Waals surface area contributed by atoms with Crippen LogP contribution in [0.25, 0.3) is 0 Å². The summed E-state index contributed by atoms with van der Waals surface area (Å²) in [6.07, 6.45) is 12.7. The Morgan fingerprint density at radius 2 is 1.91 bits per heavy atom. The van der Waals surface area contributed by atoms with Crippen molar-refractivity contribution in [2.45, 2.75) is 88.7 Å². The largest absolute Gasteiger partial charge is 0.480 e. The molecule has 2 aromatic rings. The number of nitrogens with zero attached hydrogens (tertiary/aromatic N) is 2. The molecule has 5 nitrogen and oxygen atoms in total. The third-order valence-electron chi connectivity index (χ3n) is 7.75. The quantitative estimate of drug-likeness (QED) is 0.449. The first-order valence-electron chi connectivity index (χ1n) is 13.3. The molecule has 1 N–H and O–H groups in total. The van der Waals surface area contributed by atoms with Crippen molar-refractivity contribution in [3.05, 3.63) is 64.5 Å². The van der Waals surface area contributed by atoms with Crippen LogP contribution < -0.4 is 0 Å². The van der Waals surface area contributed by atoms with E-state index in [-0.39, 0.29) is 6.10 Å². The number of benzene rings is 1. The van der Waals surface area contributed by atoms with Gasteiger partial charge in [-0.25, -0.2) is 0 Å². The van der Waals surface area contributed by atoms with Crippen molar-refractivity contribution < 1.29 is 14.6 Å². The maximum atomic E-state index is 12.2. The minimum absolute atomic E-state index is 0.136. The second-order valence-corrected chi connectivity index (χ2v) is 10.3. The van der Waals surface area contributed by atoms with Crippen LogP contribution in [0.3, 0.4) is 0 Å². The Kier molecular flexibility index (Phi) is 7.60. The summed E-state index contributed by atoms with van der Waals surface area (Å²) >= 11 is 0. The van der Waals surface area contributed by atoms with Gasteiger partial charge in [0.05, 0.1) is 6.10 Å². The van der Waals surface area contributed by atoms with E-state index in [0.29, 0.717) is 12.5 Å². The number of pyridine rings is 1. The number of hydrogen-bond donors (Lipinski definition) is 1. The van der Waals surface area contributed by atoms with E-state index in [1.165, 1.54) is 54.6 Å². The van der Waals surface area contributed by atoms with Crippen LogP contribution in [0.5, 0.6) is 0 Å². The van der Waals surface area contributed by atoms with Crippen LogP contribution in [-0.4, -0.2) is 46.8 Å². The van der Waals surface area contributed by atoms with Crippen LogP contribution >= 0.6 is 0 Å². The van der Waals surface area contributed by atoms with Crippen LogP contribution in [0.2, 0.25) is 0 Å². The summed E-state index contributed by atoms with van der Waals surface area (Å²) in [6.45, 7) is 2.24. The zero-order valence-electron chi connectivity index (χ0n) is 20.3. The number of ether oxygens (including phenoxy) is 1. The van der Waals surface area contributed by atoms with Crippen molar-refractivity contribution in [1.82, 2.24) is 9.88 Å². The van der Waals surface area contributed by atoms with Gasteiger partial charge >= 0.3 is 5.97 Å². The Hall–Kier alpha value is -2.24. The molecule has 3 aliphatic rings. The van der Waals surface area contributed by atoms with Crippen LogP contribution in [0.1, 0.15) is 91.4 Å². The molecule has 0 radical (unpaired) electrons. The molecule has 2 heterocycles. The van der Waals surface area contributed by atoms with Gasteiger partial charge in [-0.3, -0.25) is 14.7 Å². The maximum Gasteiger partial charge on any atom is 0.325 e. The molecule has 5 rings (SSSR count). The summed E-state index contributed by atoms with van der Waals surface area (Å²) in [5.74, 6) is -0.200. The Bertz CT molecular complexity index is 987. The SMILES string of the molecule is O=C(O)[C@H](c1ccccc1C1CC1)N1CC[C@H](OCCCCCc2ccc3c(n2)CCCC3)C1. The fourth-order valence-electron chi connectivity index (χ4n) is 5.74. The van der Waals surface area contributed by atoms with Crippen molar-refractivity contribution in [3.63, 3.8) is 0 Å². The molecule has 2 aliphatic carbocycles. The third kappa shape index (κ3) is 5.69. The van der Waals surface area contributed by atoms with Gasteiger partial charge in [0, 0.05) is 31.1 Å². The summed E-state index contributed by atoms with van der Waals surface area (Å²) in [4.78, 5) is 19.2. The van der Waals surface area contributed by atoms with Crippen LogP contribution in [-0.2, 0) is 28.8 Å². The van der Waals surface area contributed by atoms with Gasteiger partial charge in [0.15, 0.2) is 0 Å². The molecule has 0 spiro atoms. The molecule has 1 aliphatic heterocycles. The fourth-order valence-corrected chi connectivity index (χ4v) is 5.74. The molecule has 2 atom stereocenters. The molecule has 0 unspecified atom stereocenters. The molecule has 0 amide bonds. The van der Waals surface area contributed by atoms with Crippen LogP contribution in [0.15, 0.2) is 36.4 Å². The number of unbranched alkanes of at least 4 members (excludes halogenated alkanes) is 2. The zero-order chi connectivity index (χ0) is 23.3. The molecule has 1 saturated heterocycles. The molecule has 182 valence electrons. The van der Waals surface area contributed by atoms with Gasteiger partial charge in [-0.1, -0.05) is 36.8 Å². The number of aliphatic carboxylic acids is 1. The smallest absolute Gasteiger partial charge is 0.325 e. The summed E-state index contributed by atoms with van der Waals surface area (Å²) in [7, 11) is 0. The van der Waals surface area contributed by atoms with E-state index in [1.807, 2.05) is 18.2 Å². The van der Waals surface area contributed by atoms with Gasteiger partial charge in [-0.05, 0) is 92.9 Å². The normalized spacial score (nSPS) is 21.4. The minimum Gasteiger partial charge on any atom is -0.480 e. The fraction of sp³-hybridized carbons (Fsp3) is 0.586. The van der Waals surface area contributed by atoms with Gasteiger partial charge in [0.2, 0.25) is 0 Å². The molecule has 2 fully saturated rings. The number of hydrogen-bond acceptors (Lipinski definition) is 4. The Morgan fingerprint density at radius 3 is 2.76 bits per heavy atom. The predicted octanol–water partition coefficient (Wildman–Crippen LogP) is 5.47. The van der Waals surface area contributed by atoms with Crippen LogP contribution in [0, 0.1) is 0 Å². The second-order valence-electron chi connectivity index (χ2n) is 10.3. The minimum atomic E-state index is -0.746. The van der Waals surface area contributed by atoms with Gasteiger partial charge in [-0.15, -0.1) is 0 Å². The van der Waals surface area contributed by atoms with Crippen molar-refractivity contribution in [2.24, 2.45) is 0 Å².